The van der Waals surface area contributed by atoms with Gasteiger partial charge >= 0.3 is 0 Å². The minimum absolute atomic E-state index is 0.384. The molecule has 1 aromatic rings. The van der Waals surface area contributed by atoms with E-state index in [4.69, 9.17) is 18.0 Å². The van der Waals surface area contributed by atoms with Gasteiger partial charge in [0.25, 0.3) is 0 Å². The van der Waals surface area contributed by atoms with Crippen molar-refractivity contribution >= 4 is 23.6 Å². The molecule has 0 radical (unpaired) electrons. The SMILES string of the molecule is NC(=S)c1ccc(CNC=O)cc1. The van der Waals surface area contributed by atoms with E-state index < -0.39 is 0 Å². The van der Waals surface area contributed by atoms with Crippen LogP contribution in [0.25, 0.3) is 0 Å². The highest BCUT2D eigenvalue weighted by Crippen LogP contribution is 2.03. The zero-order valence-corrected chi connectivity index (χ0v) is 7.80. The lowest BCUT2D eigenvalue weighted by Gasteiger charge is -2.01. The second-order valence-corrected chi connectivity index (χ2v) is 3.00. The van der Waals surface area contributed by atoms with Crippen LogP contribution in [0.15, 0.2) is 24.3 Å². The van der Waals surface area contributed by atoms with Crippen LogP contribution in [0.5, 0.6) is 0 Å². The quantitative estimate of drug-likeness (QED) is 0.544. The maximum absolute atomic E-state index is 10.0. The van der Waals surface area contributed by atoms with Crippen molar-refractivity contribution in [3.63, 3.8) is 0 Å². The lowest BCUT2D eigenvalue weighted by Crippen LogP contribution is -2.11. The smallest absolute Gasteiger partial charge is 0.207 e. The van der Waals surface area contributed by atoms with E-state index in [1.165, 1.54) is 0 Å². The van der Waals surface area contributed by atoms with Crippen LogP contribution in [0.2, 0.25) is 0 Å². The summed E-state index contributed by atoms with van der Waals surface area (Å²) in [5.41, 5.74) is 7.28. The molecule has 13 heavy (non-hydrogen) atoms. The molecule has 1 rings (SSSR count). The molecule has 0 saturated carbocycles. The number of hydrogen-bond acceptors (Lipinski definition) is 2. The molecular formula is C9H10N2OS. The molecule has 3 N–H and O–H groups in total. The number of nitrogens with two attached hydrogens (primary N) is 1. The number of rotatable bonds is 4. The number of amides is 1. The third kappa shape index (κ3) is 2.83. The van der Waals surface area contributed by atoms with Crippen molar-refractivity contribution in [1.29, 1.82) is 0 Å². The number of hydrogen-bond donors (Lipinski definition) is 2. The van der Waals surface area contributed by atoms with Gasteiger partial charge in [0, 0.05) is 12.1 Å². The summed E-state index contributed by atoms with van der Waals surface area (Å²) in [4.78, 5) is 10.4. The summed E-state index contributed by atoms with van der Waals surface area (Å²) in [6, 6.07) is 7.43. The standard InChI is InChI=1S/C9H10N2OS/c10-9(13)8-3-1-7(2-4-8)5-11-6-12/h1-4,6H,5H2,(H2,10,13)(H,11,12). The van der Waals surface area contributed by atoms with E-state index in [0.29, 0.717) is 17.9 Å². The topological polar surface area (TPSA) is 55.1 Å². The van der Waals surface area contributed by atoms with Crippen LogP contribution < -0.4 is 11.1 Å². The number of carbonyl (C=O) groups excluding carboxylic acids is 1. The second kappa shape index (κ2) is 4.57. The predicted octanol–water partition coefficient (Wildman–Crippen LogP) is 0.567. The first kappa shape index (κ1) is 9.67. The van der Waals surface area contributed by atoms with Crippen LogP contribution in [0, 0.1) is 0 Å². The van der Waals surface area contributed by atoms with Gasteiger partial charge in [-0.25, -0.2) is 0 Å². The minimum Gasteiger partial charge on any atom is -0.389 e. The molecular weight excluding hydrogens is 184 g/mol. The van der Waals surface area contributed by atoms with Crippen LogP contribution in [0.1, 0.15) is 11.1 Å². The van der Waals surface area contributed by atoms with Crippen LogP contribution in [0.4, 0.5) is 0 Å². The summed E-state index contributed by atoms with van der Waals surface area (Å²) < 4.78 is 0. The monoisotopic (exact) mass is 194 g/mol. The fourth-order valence-electron chi connectivity index (χ4n) is 0.946. The van der Waals surface area contributed by atoms with Crippen LogP contribution >= 0.6 is 12.2 Å². The third-order valence-electron chi connectivity index (χ3n) is 1.63. The molecule has 0 unspecified atom stereocenters. The van der Waals surface area contributed by atoms with Crippen molar-refractivity contribution in [1.82, 2.24) is 5.32 Å². The van der Waals surface area contributed by atoms with Crippen molar-refractivity contribution in [2.45, 2.75) is 6.54 Å². The lowest BCUT2D eigenvalue weighted by molar-refractivity contribution is -0.109. The highest BCUT2D eigenvalue weighted by molar-refractivity contribution is 7.80. The van der Waals surface area contributed by atoms with Crippen LogP contribution in [-0.2, 0) is 11.3 Å². The second-order valence-electron chi connectivity index (χ2n) is 2.56. The van der Waals surface area contributed by atoms with E-state index in [9.17, 15) is 4.79 Å². The Kier molecular flexibility index (Phi) is 3.40. The first-order valence-corrected chi connectivity index (χ1v) is 4.20. The molecule has 1 amide bonds. The summed E-state index contributed by atoms with van der Waals surface area (Å²) in [5, 5.41) is 2.57. The molecule has 0 fully saturated rings. The molecule has 0 aliphatic heterocycles. The number of benzene rings is 1. The molecule has 0 aliphatic rings. The Labute approximate surface area is 81.9 Å². The van der Waals surface area contributed by atoms with Crippen molar-refractivity contribution in [2.75, 3.05) is 0 Å². The first-order valence-electron chi connectivity index (χ1n) is 3.80. The minimum atomic E-state index is 0.384. The molecule has 0 spiro atoms. The molecule has 0 atom stereocenters. The van der Waals surface area contributed by atoms with E-state index in [2.05, 4.69) is 5.32 Å². The summed E-state index contributed by atoms with van der Waals surface area (Å²) in [6.07, 6.45) is 0.668. The van der Waals surface area contributed by atoms with Crippen molar-refractivity contribution < 1.29 is 4.79 Å². The maximum Gasteiger partial charge on any atom is 0.207 e. The Bertz CT molecular complexity index is 308. The Morgan fingerprint density at radius 1 is 1.46 bits per heavy atom. The summed E-state index contributed by atoms with van der Waals surface area (Å²) in [7, 11) is 0. The van der Waals surface area contributed by atoms with Gasteiger partial charge in [-0.1, -0.05) is 36.5 Å². The number of thiocarbonyl (C=S) groups is 1. The molecule has 0 aromatic heterocycles. The van der Waals surface area contributed by atoms with Crippen molar-refractivity contribution in [3.05, 3.63) is 35.4 Å². The molecule has 0 saturated heterocycles. The Morgan fingerprint density at radius 2 is 2.08 bits per heavy atom. The average molecular weight is 194 g/mol. The highest BCUT2D eigenvalue weighted by Gasteiger charge is 1.95. The summed E-state index contributed by atoms with van der Waals surface area (Å²) in [6.45, 7) is 0.529. The van der Waals surface area contributed by atoms with E-state index in [1.54, 1.807) is 0 Å². The van der Waals surface area contributed by atoms with E-state index in [-0.39, 0.29) is 0 Å². The van der Waals surface area contributed by atoms with Gasteiger partial charge in [0.1, 0.15) is 4.99 Å². The third-order valence-corrected chi connectivity index (χ3v) is 1.86. The molecule has 0 heterocycles. The normalized spacial score (nSPS) is 9.23. The van der Waals surface area contributed by atoms with Gasteiger partial charge in [0.15, 0.2) is 0 Å². The van der Waals surface area contributed by atoms with Gasteiger partial charge in [-0.3, -0.25) is 4.79 Å². The van der Waals surface area contributed by atoms with E-state index >= 15 is 0 Å². The van der Waals surface area contributed by atoms with Gasteiger partial charge < -0.3 is 11.1 Å². The Hall–Kier alpha value is -1.42. The maximum atomic E-state index is 10.0. The largest absolute Gasteiger partial charge is 0.389 e. The van der Waals surface area contributed by atoms with Gasteiger partial charge in [-0.05, 0) is 5.56 Å². The van der Waals surface area contributed by atoms with Crippen LogP contribution in [0.3, 0.4) is 0 Å². The Balaban J connectivity index is 2.69. The van der Waals surface area contributed by atoms with Gasteiger partial charge in [0.05, 0.1) is 0 Å². The van der Waals surface area contributed by atoms with Gasteiger partial charge in [-0.2, -0.15) is 0 Å². The zero-order chi connectivity index (χ0) is 9.68. The van der Waals surface area contributed by atoms with Gasteiger partial charge in [-0.15, -0.1) is 0 Å². The van der Waals surface area contributed by atoms with Crippen molar-refractivity contribution in [2.24, 2.45) is 5.73 Å². The van der Waals surface area contributed by atoms with Crippen LogP contribution in [-0.4, -0.2) is 11.4 Å². The first-order chi connectivity index (χ1) is 6.24. The summed E-state index contributed by atoms with van der Waals surface area (Å²) >= 11 is 4.80. The fraction of sp³-hybridized carbons (Fsp3) is 0.111. The van der Waals surface area contributed by atoms with E-state index in [0.717, 1.165) is 11.1 Å². The summed E-state index contributed by atoms with van der Waals surface area (Å²) in [5.74, 6) is 0. The predicted molar refractivity (Wildman–Crippen MR) is 55.2 cm³/mol. The van der Waals surface area contributed by atoms with E-state index in [1.807, 2.05) is 24.3 Å². The zero-order valence-electron chi connectivity index (χ0n) is 6.99. The number of carbonyl (C=O) groups is 1. The molecule has 4 heteroatoms. The highest BCUT2D eigenvalue weighted by atomic mass is 32.1. The molecule has 68 valence electrons. The molecule has 1 aromatic carbocycles. The fourth-order valence-corrected chi connectivity index (χ4v) is 1.08. The van der Waals surface area contributed by atoms with Gasteiger partial charge in [0.2, 0.25) is 6.41 Å². The lowest BCUT2D eigenvalue weighted by atomic mass is 10.1. The Morgan fingerprint density at radius 3 is 2.54 bits per heavy atom. The molecule has 0 aliphatic carbocycles. The molecule has 3 nitrogen and oxygen atoms in total. The van der Waals surface area contributed by atoms with Crippen molar-refractivity contribution in [3.8, 4) is 0 Å². The average Bonchev–Trinajstić information content (AvgIpc) is 2.15. The molecule has 0 bridgehead atoms. The number of nitrogens with one attached hydrogen (secondary N) is 1.